The molecular formula is C22H28N4O2S. The number of methoxy groups -OCH3 is 2. The summed E-state index contributed by atoms with van der Waals surface area (Å²) in [5, 5.41) is 3.34. The van der Waals surface area contributed by atoms with Crippen LogP contribution in [0.4, 0.5) is 11.5 Å². The number of ether oxygens (including phenoxy) is 2. The summed E-state index contributed by atoms with van der Waals surface area (Å²) in [7, 11) is 3.30. The lowest BCUT2D eigenvalue weighted by atomic mass is 10.1. The monoisotopic (exact) mass is 412 g/mol. The summed E-state index contributed by atoms with van der Waals surface area (Å²) in [6, 6.07) is 10.1. The van der Waals surface area contributed by atoms with Crippen LogP contribution in [0.2, 0.25) is 0 Å². The van der Waals surface area contributed by atoms with Gasteiger partial charge < -0.3 is 14.8 Å². The van der Waals surface area contributed by atoms with Crippen molar-refractivity contribution in [1.29, 1.82) is 0 Å². The van der Waals surface area contributed by atoms with Crippen molar-refractivity contribution < 1.29 is 9.47 Å². The van der Waals surface area contributed by atoms with Crippen molar-refractivity contribution in [2.24, 2.45) is 0 Å². The van der Waals surface area contributed by atoms with E-state index in [0.717, 1.165) is 36.6 Å². The summed E-state index contributed by atoms with van der Waals surface area (Å²) in [4.78, 5) is 8.65. The maximum absolute atomic E-state index is 5.25. The Morgan fingerprint density at radius 3 is 2.86 bits per heavy atom. The number of aromatic nitrogens is 2. The van der Waals surface area contributed by atoms with E-state index in [1.807, 2.05) is 24.3 Å². The molecule has 0 unspecified atom stereocenters. The first-order valence-electron chi connectivity index (χ1n) is 9.26. The molecule has 0 radical (unpaired) electrons. The summed E-state index contributed by atoms with van der Waals surface area (Å²) >= 11 is 1.69. The Morgan fingerprint density at radius 2 is 2.10 bits per heavy atom. The van der Waals surface area contributed by atoms with Crippen molar-refractivity contribution in [2.45, 2.75) is 12.2 Å². The molecule has 0 aliphatic heterocycles. The Labute approximate surface area is 177 Å². The molecule has 0 saturated heterocycles. The van der Waals surface area contributed by atoms with E-state index in [4.69, 9.17) is 9.47 Å². The second-order valence-corrected chi connectivity index (χ2v) is 6.95. The number of hydrogen-bond acceptors (Lipinski definition) is 7. The van der Waals surface area contributed by atoms with Gasteiger partial charge in [0.1, 0.15) is 17.9 Å². The lowest BCUT2D eigenvalue weighted by Crippen LogP contribution is -2.08. The molecule has 29 heavy (non-hydrogen) atoms. The van der Waals surface area contributed by atoms with Gasteiger partial charge in [-0.25, -0.2) is 9.97 Å². The smallest absolute Gasteiger partial charge is 0.134 e. The molecule has 1 heterocycles. The number of nitrogens with zero attached hydrogens (tertiary/aromatic N) is 2. The SMILES string of the molecule is C=C/C=C(\C(=C)OC)c1cc(Nc2cccc(CSNCCCOC)c2)ncn1. The molecule has 2 aromatic rings. The minimum atomic E-state index is 0.520. The summed E-state index contributed by atoms with van der Waals surface area (Å²) in [5.41, 5.74) is 3.65. The molecular weight excluding hydrogens is 384 g/mol. The highest BCUT2D eigenvalue weighted by Crippen LogP contribution is 2.24. The maximum atomic E-state index is 5.25. The maximum Gasteiger partial charge on any atom is 0.134 e. The third-order valence-electron chi connectivity index (χ3n) is 3.94. The van der Waals surface area contributed by atoms with Crippen LogP contribution in [-0.2, 0) is 15.2 Å². The van der Waals surface area contributed by atoms with Gasteiger partial charge in [-0.15, -0.1) is 0 Å². The lowest BCUT2D eigenvalue weighted by molar-refractivity contribution is 0.196. The second-order valence-electron chi connectivity index (χ2n) is 6.09. The fraction of sp³-hybridized carbons (Fsp3) is 0.273. The predicted molar refractivity (Wildman–Crippen MR) is 122 cm³/mol. The Morgan fingerprint density at radius 1 is 1.24 bits per heavy atom. The van der Waals surface area contributed by atoms with Crippen LogP contribution < -0.4 is 10.0 Å². The van der Waals surface area contributed by atoms with Gasteiger partial charge in [0.25, 0.3) is 0 Å². The highest BCUT2D eigenvalue weighted by atomic mass is 32.2. The number of allylic oxidation sites excluding steroid dienone is 3. The Bertz CT molecular complexity index is 839. The van der Waals surface area contributed by atoms with Crippen molar-refractivity contribution >= 4 is 29.0 Å². The molecule has 0 aliphatic carbocycles. The molecule has 0 saturated carbocycles. The van der Waals surface area contributed by atoms with E-state index < -0.39 is 0 Å². The van der Waals surface area contributed by atoms with Crippen LogP contribution in [0.15, 0.2) is 67.7 Å². The summed E-state index contributed by atoms with van der Waals surface area (Å²) in [5.74, 6) is 2.08. The molecule has 0 amide bonds. The number of nitrogens with one attached hydrogen (secondary N) is 2. The molecule has 1 aromatic carbocycles. The molecule has 2 N–H and O–H groups in total. The van der Waals surface area contributed by atoms with Crippen LogP contribution in [0.5, 0.6) is 0 Å². The van der Waals surface area contributed by atoms with E-state index in [0.29, 0.717) is 17.3 Å². The van der Waals surface area contributed by atoms with Gasteiger partial charge in [0.05, 0.1) is 12.8 Å². The van der Waals surface area contributed by atoms with Gasteiger partial charge in [0.2, 0.25) is 0 Å². The van der Waals surface area contributed by atoms with E-state index in [-0.39, 0.29) is 0 Å². The van der Waals surface area contributed by atoms with Crippen molar-refractivity contribution in [3.05, 3.63) is 79.0 Å². The Balaban J connectivity index is 2.02. The van der Waals surface area contributed by atoms with Crippen molar-refractivity contribution in [3.63, 3.8) is 0 Å². The first-order chi connectivity index (χ1) is 14.2. The van der Waals surface area contributed by atoms with Gasteiger partial charge in [0, 0.05) is 43.3 Å². The van der Waals surface area contributed by atoms with Crippen molar-refractivity contribution in [2.75, 3.05) is 32.7 Å². The number of anilines is 2. The van der Waals surface area contributed by atoms with Crippen molar-refractivity contribution in [3.8, 4) is 0 Å². The topological polar surface area (TPSA) is 68.3 Å². The molecule has 1 aromatic heterocycles. The van der Waals surface area contributed by atoms with E-state index in [1.165, 1.54) is 11.9 Å². The highest BCUT2D eigenvalue weighted by Gasteiger charge is 2.09. The average Bonchev–Trinajstić information content (AvgIpc) is 2.74. The van der Waals surface area contributed by atoms with Gasteiger partial charge in [-0.2, -0.15) is 0 Å². The van der Waals surface area contributed by atoms with Gasteiger partial charge in [-0.05, 0) is 30.2 Å². The second kappa shape index (κ2) is 12.8. The molecule has 7 heteroatoms. The third kappa shape index (κ3) is 7.73. The number of rotatable bonds is 13. The van der Waals surface area contributed by atoms with Gasteiger partial charge >= 0.3 is 0 Å². The molecule has 6 nitrogen and oxygen atoms in total. The lowest BCUT2D eigenvalue weighted by Gasteiger charge is -2.11. The fourth-order valence-electron chi connectivity index (χ4n) is 2.50. The molecule has 0 aliphatic rings. The fourth-order valence-corrected chi connectivity index (χ4v) is 3.24. The van der Waals surface area contributed by atoms with Crippen LogP contribution >= 0.6 is 11.9 Å². The van der Waals surface area contributed by atoms with Crippen LogP contribution in [0.25, 0.3) is 5.57 Å². The standard InChI is InChI=1S/C22H28N4O2S/c1-5-8-20(17(2)28-4)21-14-22(24-16-23-21)26-19-10-6-9-18(13-19)15-29-25-11-7-12-27-3/h5-6,8-10,13-14,16,25H,1-2,7,11-12,15H2,3-4H3,(H,23,24,26)/b20-8+. The van der Waals surface area contributed by atoms with Crippen LogP contribution in [-0.4, -0.2) is 37.3 Å². The summed E-state index contributed by atoms with van der Waals surface area (Å²) < 4.78 is 13.6. The van der Waals surface area contributed by atoms with Crippen LogP contribution in [0.1, 0.15) is 17.7 Å². The Kier molecular flexibility index (Phi) is 9.99. The normalized spacial score (nSPS) is 11.2. The molecule has 154 valence electrons. The summed E-state index contributed by atoms with van der Waals surface area (Å²) in [6.45, 7) is 9.35. The van der Waals surface area contributed by atoms with Crippen LogP contribution in [0.3, 0.4) is 0 Å². The zero-order valence-electron chi connectivity index (χ0n) is 17.0. The van der Waals surface area contributed by atoms with Crippen LogP contribution in [0, 0.1) is 0 Å². The average molecular weight is 413 g/mol. The zero-order valence-corrected chi connectivity index (χ0v) is 17.8. The van der Waals surface area contributed by atoms with E-state index in [1.54, 1.807) is 32.2 Å². The minimum Gasteiger partial charge on any atom is -0.497 e. The molecule has 0 bridgehead atoms. The van der Waals surface area contributed by atoms with E-state index in [9.17, 15) is 0 Å². The molecule has 0 spiro atoms. The third-order valence-corrected chi connectivity index (χ3v) is 4.83. The van der Waals surface area contributed by atoms with Gasteiger partial charge in [-0.1, -0.05) is 43.3 Å². The minimum absolute atomic E-state index is 0.520. The first-order valence-corrected chi connectivity index (χ1v) is 10.2. The van der Waals surface area contributed by atoms with Gasteiger partial charge in [-0.3, -0.25) is 4.72 Å². The molecule has 0 fully saturated rings. The quantitative estimate of drug-likeness (QED) is 0.213. The van der Waals surface area contributed by atoms with E-state index >= 15 is 0 Å². The summed E-state index contributed by atoms with van der Waals surface area (Å²) in [6.07, 6.45) is 6.01. The number of benzene rings is 1. The van der Waals surface area contributed by atoms with Gasteiger partial charge in [0.15, 0.2) is 0 Å². The Hall–Kier alpha value is -2.61. The zero-order chi connectivity index (χ0) is 20.9. The molecule has 0 atom stereocenters. The molecule has 2 rings (SSSR count). The number of hydrogen-bond donors (Lipinski definition) is 2. The first kappa shape index (κ1) is 22.7. The highest BCUT2D eigenvalue weighted by molar-refractivity contribution is 7.96. The largest absolute Gasteiger partial charge is 0.497 e. The van der Waals surface area contributed by atoms with Crippen molar-refractivity contribution in [1.82, 2.24) is 14.7 Å². The predicted octanol–water partition coefficient (Wildman–Crippen LogP) is 4.72. The van der Waals surface area contributed by atoms with E-state index in [2.05, 4.69) is 45.3 Å².